The minimum Gasteiger partial charge on any atom is -0.480 e. The van der Waals surface area contributed by atoms with Gasteiger partial charge in [0.05, 0.1) is 12.5 Å². The Labute approximate surface area is 194 Å². The number of nitrogens with one attached hydrogen (secondary N) is 4. The summed E-state index contributed by atoms with van der Waals surface area (Å²) in [4.78, 5) is 61.0. The number of primary amides is 1. The van der Waals surface area contributed by atoms with Crippen LogP contribution >= 0.6 is 0 Å². The maximum absolute atomic E-state index is 13.1. The molecule has 0 aromatic heterocycles. The molecule has 1 saturated heterocycles. The highest BCUT2D eigenvalue weighted by atomic mass is 16.4. The number of unbranched alkanes of at least 4 members (excludes halogenated alkanes) is 1. The summed E-state index contributed by atoms with van der Waals surface area (Å²) >= 11 is 0. The lowest BCUT2D eigenvalue weighted by molar-refractivity contribution is -0.144. The number of aliphatic carboxylic acids is 1. The van der Waals surface area contributed by atoms with Gasteiger partial charge in [0.1, 0.15) is 18.1 Å². The zero-order valence-corrected chi connectivity index (χ0v) is 19.4. The van der Waals surface area contributed by atoms with Crippen LogP contribution < -0.4 is 32.7 Å². The Morgan fingerprint density at radius 3 is 2.24 bits per heavy atom. The first-order valence-corrected chi connectivity index (χ1v) is 11.5. The van der Waals surface area contributed by atoms with Crippen LogP contribution in [0.25, 0.3) is 0 Å². The fourth-order valence-electron chi connectivity index (χ4n) is 3.56. The molecular weight excluding hydrogens is 432 g/mol. The molecule has 0 aromatic carbocycles. The van der Waals surface area contributed by atoms with E-state index in [0.29, 0.717) is 32.2 Å². The highest BCUT2D eigenvalue weighted by Crippen LogP contribution is 2.12. The fraction of sp³-hybridized carbons (Fsp3) is 0.762. The number of rotatable bonds is 15. The van der Waals surface area contributed by atoms with E-state index in [9.17, 15) is 29.1 Å². The monoisotopic (exact) mass is 470 g/mol. The van der Waals surface area contributed by atoms with E-state index in [1.165, 1.54) is 0 Å². The van der Waals surface area contributed by atoms with Crippen LogP contribution in [0.5, 0.6) is 0 Å². The molecule has 1 aliphatic heterocycles. The second-order valence-electron chi connectivity index (χ2n) is 8.44. The highest BCUT2D eigenvalue weighted by molar-refractivity contribution is 5.95. The molecule has 1 rings (SSSR count). The van der Waals surface area contributed by atoms with Gasteiger partial charge in [0.2, 0.25) is 23.6 Å². The van der Waals surface area contributed by atoms with Crippen molar-refractivity contribution < 1.29 is 29.1 Å². The lowest BCUT2D eigenvalue weighted by Crippen LogP contribution is -2.58. The number of amides is 4. The van der Waals surface area contributed by atoms with E-state index in [1.54, 1.807) is 0 Å². The summed E-state index contributed by atoms with van der Waals surface area (Å²) in [7, 11) is 0. The largest absolute Gasteiger partial charge is 0.480 e. The number of carboxylic acid groups (broad SMARTS) is 1. The van der Waals surface area contributed by atoms with Gasteiger partial charge in [0.15, 0.2) is 0 Å². The van der Waals surface area contributed by atoms with Gasteiger partial charge >= 0.3 is 5.97 Å². The van der Waals surface area contributed by atoms with Crippen LogP contribution in [-0.2, 0) is 24.0 Å². The van der Waals surface area contributed by atoms with Gasteiger partial charge in [-0.15, -0.1) is 0 Å². The van der Waals surface area contributed by atoms with E-state index in [4.69, 9.17) is 11.5 Å². The average molecular weight is 471 g/mol. The summed E-state index contributed by atoms with van der Waals surface area (Å²) < 4.78 is 0. The van der Waals surface area contributed by atoms with Crippen LogP contribution in [0.1, 0.15) is 58.8 Å². The van der Waals surface area contributed by atoms with E-state index in [2.05, 4.69) is 21.3 Å². The Morgan fingerprint density at radius 2 is 1.73 bits per heavy atom. The zero-order valence-electron chi connectivity index (χ0n) is 19.4. The van der Waals surface area contributed by atoms with Gasteiger partial charge in [-0.2, -0.15) is 0 Å². The van der Waals surface area contributed by atoms with Crippen molar-refractivity contribution in [2.75, 3.05) is 13.1 Å². The molecule has 0 saturated carbocycles. The molecule has 5 unspecified atom stereocenters. The lowest BCUT2D eigenvalue weighted by Gasteiger charge is -2.28. The molecule has 4 amide bonds. The first kappa shape index (κ1) is 28.3. The zero-order chi connectivity index (χ0) is 25.0. The second kappa shape index (κ2) is 14.4. The molecular formula is C21H38N6O6. The fourth-order valence-corrected chi connectivity index (χ4v) is 3.56. The predicted molar refractivity (Wildman–Crippen MR) is 121 cm³/mol. The molecule has 9 N–H and O–H groups in total. The summed E-state index contributed by atoms with van der Waals surface area (Å²) in [6.07, 6.45) is 2.91. The standard InChI is InChI=1S/C21H38N6O6/c1-3-12(2)17(27-18(29)13-8-6-10-24-13)20(31)25-14(7-4-5-9-22)19(30)26-15(21(32)33)11-16(23)28/h12-15,17,24H,3-11,22H2,1-2H3,(H2,23,28)(H,25,31)(H,26,30)(H,27,29)(H,32,33). The summed E-state index contributed by atoms with van der Waals surface area (Å²) in [5.41, 5.74) is 10.6. The van der Waals surface area contributed by atoms with Gasteiger partial charge < -0.3 is 37.8 Å². The number of carboxylic acids is 1. The summed E-state index contributed by atoms with van der Waals surface area (Å²) in [6, 6.07) is -3.80. The van der Waals surface area contributed by atoms with Gasteiger partial charge in [-0.25, -0.2) is 4.79 Å². The van der Waals surface area contributed by atoms with Crippen LogP contribution in [0, 0.1) is 5.92 Å². The average Bonchev–Trinajstić information content (AvgIpc) is 3.30. The minimum absolute atomic E-state index is 0.204. The number of hydrogen-bond acceptors (Lipinski definition) is 7. The summed E-state index contributed by atoms with van der Waals surface area (Å²) in [6.45, 7) is 4.83. The smallest absolute Gasteiger partial charge is 0.326 e. The Morgan fingerprint density at radius 1 is 1.06 bits per heavy atom. The molecule has 12 nitrogen and oxygen atoms in total. The van der Waals surface area contributed by atoms with Crippen molar-refractivity contribution >= 4 is 29.6 Å². The topological polar surface area (TPSA) is 206 Å². The number of carbonyl (C=O) groups is 5. The van der Waals surface area contributed by atoms with Crippen molar-refractivity contribution in [1.82, 2.24) is 21.3 Å². The quantitative estimate of drug-likeness (QED) is 0.137. The van der Waals surface area contributed by atoms with Gasteiger partial charge in [-0.1, -0.05) is 20.3 Å². The van der Waals surface area contributed by atoms with Crippen molar-refractivity contribution in [3.8, 4) is 0 Å². The van der Waals surface area contributed by atoms with Crippen LogP contribution in [0.4, 0.5) is 0 Å². The molecule has 12 heteroatoms. The lowest BCUT2D eigenvalue weighted by atomic mass is 9.97. The van der Waals surface area contributed by atoms with Gasteiger partial charge in [-0.05, 0) is 51.1 Å². The molecule has 0 aromatic rings. The van der Waals surface area contributed by atoms with Crippen molar-refractivity contribution in [2.45, 2.75) is 83.0 Å². The predicted octanol–water partition coefficient (Wildman–Crippen LogP) is -1.67. The Hall–Kier alpha value is -2.73. The molecule has 33 heavy (non-hydrogen) atoms. The maximum Gasteiger partial charge on any atom is 0.326 e. The molecule has 1 aliphatic rings. The first-order chi connectivity index (χ1) is 15.6. The van der Waals surface area contributed by atoms with Crippen molar-refractivity contribution in [3.05, 3.63) is 0 Å². The molecule has 0 spiro atoms. The third-order valence-corrected chi connectivity index (χ3v) is 5.77. The van der Waals surface area contributed by atoms with Crippen LogP contribution in [-0.4, -0.2) is 72.0 Å². The number of nitrogens with two attached hydrogens (primary N) is 2. The Bertz CT molecular complexity index is 697. The SMILES string of the molecule is CCC(C)C(NC(=O)C1CCCN1)C(=O)NC(CCCCN)C(=O)NC(CC(N)=O)C(=O)O. The third kappa shape index (κ3) is 9.74. The minimum atomic E-state index is -1.51. The third-order valence-electron chi connectivity index (χ3n) is 5.77. The van der Waals surface area contributed by atoms with Crippen LogP contribution in [0.2, 0.25) is 0 Å². The Balaban J connectivity index is 2.95. The van der Waals surface area contributed by atoms with Crippen LogP contribution in [0.3, 0.4) is 0 Å². The number of hydrogen-bond donors (Lipinski definition) is 7. The van der Waals surface area contributed by atoms with E-state index in [1.807, 2.05) is 13.8 Å². The van der Waals surface area contributed by atoms with E-state index in [0.717, 1.165) is 13.0 Å². The first-order valence-electron chi connectivity index (χ1n) is 11.5. The molecule has 0 aliphatic carbocycles. The van der Waals surface area contributed by atoms with E-state index >= 15 is 0 Å². The van der Waals surface area contributed by atoms with Gasteiger partial charge in [-0.3, -0.25) is 19.2 Å². The summed E-state index contributed by atoms with van der Waals surface area (Å²) in [5, 5.41) is 20.0. The molecule has 0 bridgehead atoms. The maximum atomic E-state index is 13.1. The van der Waals surface area contributed by atoms with Crippen molar-refractivity contribution in [3.63, 3.8) is 0 Å². The molecule has 5 atom stereocenters. The molecule has 0 radical (unpaired) electrons. The van der Waals surface area contributed by atoms with Crippen LogP contribution in [0.15, 0.2) is 0 Å². The molecule has 188 valence electrons. The molecule has 1 heterocycles. The Kier molecular flexibility index (Phi) is 12.4. The van der Waals surface area contributed by atoms with Crippen molar-refractivity contribution in [2.24, 2.45) is 17.4 Å². The van der Waals surface area contributed by atoms with Gasteiger partial charge in [0, 0.05) is 0 Å². The van der Waals surface area contributed by atoms with E-state index in [-0.39, 0.29) is 24.3 Å². The van der Waals surface area contributed by atoms with Gasteiger partial charge in [0.25, 0.3) is 0 Å². The molecule has 1 fully saturated rings. The number of carbonyl (C=O) groups excluding carboxylic acids is 4. The van der Waals surface area contributed by atoms with Crippen molar-refractivity contribution in [1.29, 1.82) is 0 Å². The van der Waals surface area contributed by atoms with E-state index < -0.39 is 48.2 Å². The highest BCUT2D eigenvalue weighted by Gasteiger charge is 2.33. The summed E-state index contributed by atoms with van der Waals surface area (Å²) in [5.74, 6) is -4.06. The normalized spacial score (nSPS) is 19.1. The second-order valence-corrected chi connectivity index (χ2v) is 8.44.